The highest BCUT2D eigenvalue weighted by Gasteiger charge is 2.30. The molecule has 126 valence electrons. The van der Waals surface area contributed by atoms with Gasteiger partial charge in [0.2, 0.25) is 6.10 Å². The SMILES string of the molecule is O=C(NCCCn1cccn1)C1CC(c2c(F)cccc2Cl)=NO1. The van der Waals surface area contributed by atoms with E-state index in [1.807, 2.05) is 12.3 Å². The highest BCUT2D eigenvalue weighted by Crippen LogP contribution is 2.25. The molecule has 0 bridgehead atoms. The highest BCUT2D eigenvalue weighted by molar-refractivity contribution is 6.34. The Balaban J connectivity index is 1.48. The number of oxime groups is 1. The predicted molar refractivity (Wildman–Crippen MR) is 87.3 cm³/mol. The third-order valence-corrected chi connectivity index (χ3v) is 3.95. The molecule has 1 aliphatic heterocycles. The van der Waals surface area contributed by atoms with Gasteiger partial charge in [-0.1, -0.05) is 22.8 Å². The standard InChI is InChI=1S/C16H16ClFN4O2/c17-11-4-1-5-12(18)15(11)13-10-14(24-21-13)16(23)19-6-2-8-22-9-3-7-20-22/h1,3-5,7,9,14H,2,6,8,10H2,(H,19,23). The van der Waals surface area contributed by atoms with Crippen molar-refractivity contribution in [2.45, 2.75) is 25.5 Å². The fourth-order valence-electron chi connectivity index (χ4n) is 2.44. The molecule has 0 radical (unpaired) electrons. The monoisotopic (exact) mass is 350 g/mol. The van der Waals surface area contributed by atoms with Crippen LogP contribution in [0.5, 0.6) is 0 Å². The van der Waals surface area contributed by atoms with Crippen molar-refractivity contribution < 1.29 is 14.0 Å². The molecule has 1 aromatic heterocycles. The Kier molecular flexibility index (Phi) is 5.10. The molecule has 24 heavy (non-hydrogen) atoms. The molecule has 6 nitrogen and oxygen atoms in total. The van der Waals surface area contributed by atoms with E-state index >= 15 is 0 Å². The summed E-state index contributed by atoms with van der Waals surface area (Å²) < 4.78 is 15.7. The first-order valence-corrected chi connectivity index (χ1v) is 7.95. The highest BCUT2D eigenvalue weighted by atomic mass is 35.5. The number of rotatable bonds is 6. The molecule has 2 heterocycles. The number of aromatic nitrogens is 2. The van der Waals surface area contributed by atoms with Gasteiger partial charge in [-0.05, 0) is 24.6 Å². The summed E-state index contributed by atoms with van der Waals surface area (Å²) in [4.78, 5) is 17.2. The van der Waals surface area contributed by atoms with Gasteiger partial charge < -0.3 is 10.2 Å². The van der Waals surface area contributed by atoms with Gasteiger partial charge in [-0.3, -0.25) is 9.48 Å². The van der Waals surface area contributed by atoms with Crippen molar-refractivity contribution in [1.82, 2.24) is 15.1 Å². The zero-order valence-corrected chi connectivity index (χ0v) is 13.5. The summed E-state index contributed by atoms with van der Waals surface area (Å²) in [6.07, 6.45) is 3.73. The molecule has 0 aliphatic carbocycles. The lowest BCUT2D eigenvalue weighted by Crippen LogP contribution is -2.35. The van der Waals surface area contributed by atoms with Crippen LogP contribution in [0.25, 0.3) is 0 Å². The summed E-state index contributed by atoms with van der Waals surface area (Å²) in [6, 6.07) is 6.23. The summed E-state index contributed by atoms with van der Waals surface area (Å²) in [7, 11) is 0. The molecule has 2 aromatic rings. The van der Waals surface area contributed by atoms with Crippen LogP contribution in [0.1, 0.15) is 18.4 Å². The van der Waals surface area contributed by atoms with Crippen LogP contribution in [-0.4, -0.2) is 34.0 Å². The van der Waals surface area contributed by atoms with Crippen LogP contribution in [0.4, 0.5) is 4.39 Å². The Hall–Kier alpha value is -2.41. The third kappa shape index (κ3) is 3.73. The van der Waals surface area contributed by atoms with Crippen LogP contribution in [0.15, 0.2) is 41.8 Å². The fraction of sp³-hybridized carbons (Fsp3) is 0.312. The van der Waals surface area contributed by atoms with Crippen molar-refractivity contribution in [2.75, 3.05) is 6.54 Å². The molecule has 1 atom stereocenters. The van der Waals surface area contributed by atoms with Crippen molar-refractivity contribution >= 4 is 23.2 Å². The van der Waals surface area contributed by atoms with Gasteiger partial charge in [-0.2, -0.15) is 5.10 Å². The van der Waals surface area contributed by atoms with E-state index in [4.69, 9.17) is 16.4 Å². The van der Waals surface area contributed by atoms with Crippen molar-refractivity contribution in [3.05, 3.63) is 53.1 Å². The Morgan fingerprint density at radius 3 is 3.08 bits per heavy atom. The molecule has 0 saturated heterocycles. The largest absolute Gasteiger partial charge is 0.382 e. The number of halogens is 2. The Bertz CT molecular complexity index is 728. The van der Waals surface area contributed by atoms with Gasteiger partial charge in [0.25, 0.3) is 5.91 Å². The van der Waals surface area contributed by atoms with Gasteiger partial charge in [0.05, 0.1) is 16.3 Å². The van der Waals surface area contributed by atoms with Crippen LogP contribution < -0.4 is 5.32 Å². The minimum absolute atomic E-state index is 0.186. The van der Waals surface area contributed by atoms with E-state index in [0.29, 0.717) is 18.8 Å². The molecule has 3 rings (SSSR count). The molecule has 0 spiro atoms. The van der Waals surface area contributed by atoms with Gasteiger partial charge in [-0.25, -0.2) is 4.39 Å². The number of amides is 1. The zero-order valence-electron chi connectivity index (χ0n) is 12.8. The van der Waals surface area contributed by atoms with E-state index in [-0.39, 0.29) is 22.9 Å². The lowest BCUT2D eigenvalue weighted by atomic mass is 10.0. The Morgan fingerprint density at radius 2 is 2.33 bits per heavy atom. The number of carbonyl (C=O) groups is 1. The summed E-state index contributed by atoms with van der Waals surface area (Å²) in [5.41, 5.74) is 0.530. The number of hydrogen-bond donors (Lipinski definition) is 1. The maximum absolute atomic E-state index is 13.9. The second-order valence-corrected chi connectivity index (χ2v) is 5.75. The fourth-order valence-corrected chi connectivity index (χ4v) is 2.71. The Labute approximate surface area is 143 Å². The van der Waals surface area contributed by atoms with Gasteiger partial charge in [-0.15, -0.1) is 0 Å². The zero-order chi connectivity index (χ0) is 16.9. The smallest absolute Gasteiger partial charge is 0.264 e. The summed E-state index contributed by atoms with van der Waals surface area (Å²) in [5, 5.41) is 10.9. The van der Waals surface area contributed by atoms with Crippen molar-refractivity contribution in [1.29, 1.82) is 0 Å². The first-order valence-electron chi connectivity index (χ1n) is 7.57. The molecule has 8 heteroatoms. The van der Waals surface area contributed by atoms with Gasteiger partial charge >= 0.3 is 0 Å². The number of nitrogens with zero attached hydrogens (tertiary/aromatic N) is 3. The van der Waals surface area contributed by atoms with E-state index < -0.39 is 11.9 Å². The van der Waals surface area contributed by atoms with E-state index in [1.165, 1.54) is 12.1 Å². The number of carbonyl (C=O) groups excluding carboxylic acids is 1. The summed E-state index contributed by atoms with van der Waals surface area (Å²) >= 11 is 6.00. The third-order valence-electron chi connectivity index (χ3n) is 3.64. The average Bonchev–Trinajstić information content (AvgIpc) is 3.23. The molecule has 0 fully saturated rings. The molecule has 1 aromatic carbocycles. The predicted octanol–water partition coefficient (Wildman–Crippen LogP) is 2.38. The minimum Gasteiger partial charge on any atom is -0.382 e. The number of hydrogen-bond acceptors (Lipinski definition) is 4. The molecular formula is C16H16ClFN4O2. The normalized spacial score (nSPS) is 16.6. The van der Waals surface area contributed by atoms with Crippen LogP contribution >= 0.6 is 11.6 Å². The van der Waals surface area contributed by atoms with Crippen LogP contribution in [0.3, 0.4) is 0 Å². The molecule has 1 unspecified atom stereocenters. The molecule has 1 N–H and O–H groups in total. The lowest BCUT2D eigenvalue weighted by Gasteiger charge is -2.09. The minimum atomic E-state index is -0.764. The second kappa shape index (κ2) is 7.44. The van der Waals surface area contributed by atoms with Crippen molar-refractivity contribution in [3.8, 4) is 0 Å². The van der Waals surface area contributed by atoms with E-state index in [9.17, 15) is 9.18 Å². The molecule has 0 saturated carbocycles. The quantitative estimate of drug-likeness (QED) is 0.813. The van der Waals surface area contributed by atoms with Crippen LogP contribution in [0, 0.1) is 5.82 Å². The molecular weight excluding hydrogens is 335 g/mol. The number of benzene rings is 1. The maximum Gasteiger partial charge on any atom is 0.264 e. The lowest BCUT2D eigenvalue weighted by molar-refractivity contribution is -0.131. The first kappa shape index (κ1) is 16.4. The van der Waals surface area contributed by atoms with Gasteiger partial charge in [0.1, 0.15) is 5.82 Å². The number of nitrogens with one attached hydrogen (secondary N) is 1. The summed E-state index contributed by atoms with van der Waals surface area (Å²) in [6.45, 7) is 1.21. The maximum atomic E-state index is 13.9. The van der Waals surface area contributed by atoms with Crippen LogP contribution in [0.2, 0.25) is 5.02 Å². The van der Waals surface area contributed by atoms with Gasteiger partial charge in [0, 0.05) is 31.9 Å². The number of aryl methyl sites for hydroxylation is 1. The van der Waals surface area contributed by atoms with Crippen molar-refractivity contribution in [2.24, 2.45) is 5.16 Å². The average molecular weight is 351 g/mol. The van der Waals surface area contributed by atoms with Crippen LogP contribution in [-0.2, 0) is 16.2 Å². The first-order chi connectivity index (χ1) is 11.6. The molecule has 1 aliphatic rings. The topological polar surface area (TPSA) is 68.5 Å². The van der Waals surface area contributed by atoms with E-state index in [2.05, 4.69) is 15.6 Å². The van der Waals surface area contributed by atoms with Gasteiger partial charge in [0.15, 0.2) is 0 Å². The summed E-state index contributed by atoms with van der Waals surface area (Å²) in [5.74, 6) is -0.758. The Morgan fingerprint density at radius 1 is 1.46 bits per heavy atom. The molecule has 1 amide bonds. The van der Waals surface area contributed by atoms with E-state index in [0.717, 1.165) is 6.42 Å². The van der Waals surface area contributed by atoms with Crippen molar-refractivity contribution in [3.63, 3.8) is 0 Å². The van der Waals surface area contributed by atoms with E-state index in [1.54, 1.807) is 16.9 Å². The second-order valence-electron chi connectivity index (χ2n) is 5.35.